The zero-order valence-corrected chi connectivity index (χ0v) is 11.3. The van der Waals surface area contributed by atoms with Gasteiger partial charge in [-0.2, -0.15) is 0 Å². The molecule has 0 spiro atoms. The molecule has 2 aromatic rings. The van der Waals surface area contributed by atoms with E-state index in [-0.39, 0.29) is 0 Å². The van der Waals surface area contributed by atoms with E-state index in [0.717, 1.165) is 13.1 Å². The third-order valence-corrected chi connectivity index (χ3v) is 3.91. The fraction of sp³-hybridized carbons (Fsp3) is 0.294. The number of anilines is 1. The molecule has 0 atom stereocenters. The summed E-state index contributed by atoms with van der Waals surface area (Å²) in [6.45, 7) is 8.66. The van der Waals surface area contributed by atoms with E-state index in [1.165, 1.54) is 33.5 Å². The minimum absolute atomic E-state index is 1.04. The predicted molar refractivity (Wildman–Crippen MR) is 77.0 cm³/mol. The summed E-state index contributed by atoms with van der Waals surface area (Å²) in [5.41, 5.74) is 8.49. The largest absolute Gasteiger partial charge is 0.363 e. The van der Waals surface area contributed by atoms with Crippen LogP contribution >= 0.6 is 0 Å². The summed E-state index contributed by atoms with van der Waals surface area (Å²) in [7, 11) is 0. The second kappa shape index (κ2) is 4.16. The van der Waals surface area contributed by atoms with E-state index in [1.54, 1.807) is 0 Å². The van der Waals surface area contributed by atoms with Crippen LogP contribution < -0.4 is 4.90 Å². The van der Waals surface area contributed by atoms with Gasteiger partial charge in [-0.1, -0.05) is 35.9 Å². The number of hydrogen-bond acceptors (Lipinski definition) is 1. The third-order valence-electron chi connectivity index (χ3n) is 3.91. The molecule has 0 fully saturated rings. The minimum atomic E-state index is 1.04. The maximum Gasteiger partial charge on any atom is 0.0439 e. The van der Waals surface area contributed by atoms with Crippen LogP contribution in [-0.2, 0) is 13.1 Å². The normalized spacial score (nSPS) is 13.8. The van der Waals surface area contributed by atoms with Gasteiger partial charge in [0, 0.05) is 18.8 Å². The molecule has 0 unspecified atom stereocenters. The van der Waals surface area contributed by atoms with E-state index < -0.39 is 0 Å². The number of aryl methyl sites for hydroxylation is 3. The Balaban J connectivity index is 1.96. The topological polar surface area (TPSA) is 3.24 Å². The highest BCUT2D eigenvalue weighted by Gasteiger charge is 2.21. The van der Waals surface area contributed by atoms with Gasteiger partial charge < -0.3 is 4.90 Å². The Bertz CT molecular complexity index is 599. The van der Waals surface area contributed by atoms with Crippen molar-refractivity contribution in [2.45, 2.75) is 33.9 Å². The van der Waals surface area contributed by atoms with Crippen LogP contribution in [-0.4, -0.2) is 0 Å². The Morgan fingerprint density at radius 1 is 0.889 bits per heavy atom. The molecule has 0 aromatic heterocycles. The van der Waals surface area contributed by atoms with Crippen molar-refractivity contribution in [3.8, 4) is 0 Å². The highest BCUT2D eigenvalue weighted by atomic mass is 15.1. The van der Waals surface area contributed by atoms with E-state index in [4.69, 9.17) is 0 Å². The molecular formula is C17H19N. The molecule has 3 rings (SSSR count). The first-order valence-electron chi connectivity index (χ1n) is 6.55. The molecule has 0 bridgehead atoms. The first-order valence-corrected chi connectivity index (χ1v) is 6.55. The molecular weight excluding hydrogens is 218 g/mol. The van der Waals surface area contributed by atoms with Crippen LogP contribution in [0.2, 0.25) is 0 Å². The highest BCUT2D eigenvalue weighted by molar-refractivity contribution is 5.58. The van der Waals surface area contributed by atoms with E-state index in [2.05, 4.69) is 62.1 Å². The summed E-state index contributed by atoms with van der Waals surface area (Å²) in [5, 5.41) is 0. The average molecular weight is 237 g/mol. The average Bonchev–Trinajstić information content (AvgIpc) is 2.74. The van der Waals surface area contributed by atoms with Crippen molar-refractivity contribution in [1.82, 2.24) is 0 Å². The highest BCUT2D eigenvalue weighted by Crippen LogP contribution is 2.32. The van der Waals surface area contributed by atoms with Crippen LogP contribution in [0.4, 0.5) is 5.69 Å². The molecule has 1 aliphatic heterocycles. The molecule has 2 aromatic carbocycles. The minimum Gasteiger partial charge on any atom is -0.363 e. The maximum atomic E-state index is 2.48. The number of benzene rings is 2. The van der Waals surface area contributed by atoms with Gasteiger partial charge in [0.05, 0.1) is 0 Å². The summed E-state index contributed by atoms with van der Waals surface area (Å²) < 4.78 is 0. The van der Waals surface area contributed by atoms with Gasteiger partial charge in [-0.05, 0) is 49.1 Å². The quantitative estimate of drug-likeness (QED) is 0.720. The third kappa shape index (κ3) is 1.80. The summed E-state index contributed by atoms with van der Waals surface area (Å²) in [6, 6.07) is 13.4. The zero-order chi connectivity index (χ0) is 12.7. The van der Waals surface area contributed by atoms with Crippen LogP contribution in [0.25, 0.3) is 0 Å². The lowest BCUT2D eigenvalue weighted by Gasteiger charge is -2.20. The molecule has 0 radical (unpaired) electrons. The van der Waals surface area contributed by atoms with Crippen molar-refractivity contribution in [3.63, 3.8) is 0 Å². The molecule has 1 nitrogen and oxygen atoms in total. The lowest BCUT2D eigenvalue weighted by Crippen LogP contribution is -2.15. The Labute approximate surface area is 109 Å². The fourth-order valence-electron chi connectivity index (χ4n) is 2.92. The van der Waals surface area contributed by atoms with Gasteiger partial charge in [-0.25, -0.2) is 0 Å². The molecule has 0 saturated carbocycles. The molecule has 0 aliphatic carbocycles. The molecule has 0 amide bonds. The molecule has 1 aliphatic rings. The van der Waals surface area contributed by atoms with Crippen LogP contribution in [0, 0.1) is 20.8 Å². The van der Waals surface area contributed by atoms with Crippen LogP contribution in [0.5, 0.6) is 0 Å². The Kier molecular flexibility index (Phi) is 2.62. The predicted octanol–water partition coefficient (Wildman–Crippen LogP) is 4.13. The van der Waals surface area contributed by atoms with Crippen molar-refractivity contribution in [2.75, 3.05) is 4.90 Å². The van der Waals surface area contributed by atoms with Gasteiger partial charge in [0.2, 0.25) is 0 Å². The molecule has 92 valence electrons. The second-order valence-electron chi connectivity index (χ2n) is 5.36. The Morgan fingerprint density at radius 2 is 1.72 bits per heavy atom. The number of hydrogen-bond donors (Lipinski definition) is 0. The van der Waals surface area contributed by atoms with E-state index in [9.17, 15) is 0 Å². The molecule has 1 heteroatoms. The maximum absolute atomic E-state index is 2.48. The van der Waals surface area contributed by atoms with E-state index in [1.807, 2.05) is 0 Å². The Hall–Kier alpha value is -1.76. The Morgan fingerprint density at radius 3 is 2.44 bits per heavy atom. The van der Waals surface area contributed by atoms with Crippen molar-refractivity contribution >= 4 is 5.69 Å². The second-order valence-corrected chi connectivity index (χ2v) is 5.36. The van der Waals surface area contributed by atoms with Crippen molar-refractivity contribution in [3.05, 3.63) is 64.2 Å². The van der Waals surface area contributed by atoms with E-state index >= 15 is 0 Å². The standard InChI is InChI=1S/C17H19N/c1-12-7-8-17(14(3)9-12)18-10-15-6-4-5-13(2)16(15)11-18/h4-9H,10-11H2,1-3H3. The summed E-state index contributed by atoms with van der Waals surface area (Å²) in [4.78, 5) is 2.48. The molecule has 0 saturated heterocycles. The molecule has 0 N–H and O–H groups in total. The summed E-state index contributed by atoms with van der Waals surface area (Å²) in [6.07, 6.45) is 0. The van der Waals surface area contributed by atoms with Gasteiger partial charge >= 0.3 is 0 Å². The summed E-state index contributed by atoms with van der Waals surface area (Å²) >= 11 is 0. The molecule has 1 heterocycles. The summed E-state index contributed by atoms with van der Waals surface area (Å²) in [5.74, 6) is 0. The smallest absolute Gasteiger partial charge is 0.0439 e. The van der Waals surface area contributed by atoms with Gasteiger partial charge in [0.1, 0.15) is 0 Å². The van der Waals surface area contributed by atoms with Crippen LogP contribution in [0.1, 0.15) is 27.8 Å². The van der Waals surface area contributed by atoms with Gasteiger partial charge in [-0.3, -0.25) is 0 Å². The van der Waals surface area contributed by atoms with Gasteiger partial charge in [0.15, 0.2) is 0 Å². The SMILES string of the molecule is Cc1ccc(N2Cc3cccc(C)c3C2)c(C)c1. The van der Waals surface area contributed by atoms with Crippen LogP contribution in [0.3, 0.4) is 0 Å². The van der Waals surface area contributed by atoms with Crippen molar-refractivity contribution < 1.29 is 0 Å². The number of nitrogens with zero attached hydrogens (tertiary/aromatic N) is 1. The lowest BCUT2D eigenvalue weighted by molar-refractivity contribution is 0.873. The first kappa shape index (κ1) is 11.3. The monoisotopic (exact) mass is 237 g/mol. The number of rotatable bonds is 1. The fourth-order valence-corrected chi connectivity index (χ4v) is 2.92. The van der Waals surface area contributed by atoms with Crippen LogP contribution in [0.15, 0.2) is 36.4 Å². The number of fused-ring (bicyclic) bond motifs is 1. The first-order chi connectivity index (χ1) is 8.65. The van der Waals surface area contributed by atoms with Crippen molar-refractivity contribution in [2.24, 2.45) is 0 Å². The lowest BCUT2D eigenvalue weighted by atomic mass is 10.1. The van der Waals surface area contributed by atoms with E-state index in [0.29, 0.717) is 0 Å². The van der Waals surface area contributed by atoms with Gasteiger partial charge in [-0.15, -0.1) is 0 Å². The van der Waals surface area contributed by atoms with Gasteiger partial charge in [0.25, 0.3) is 0 Å². The zero-order valence-electron chi connectivity index (χ0n) is 11.3. The van der Waals surface area contributed by atoms with Crippen molar-refractivity contribution in [1.29, 1.82) is 0 Å². The molecule has 18 heavy (non-hydrogen) atoms.